The first-order chi connectivity index (χ1) is 7.81. The van der Waals surface area contributed by atoms with E-state index in [9.17, 15) is 0 Å². The Labute approximate surface area is 112 Å². The van der Waals surface area contributed by atoms with Crippen LogP contribution >= 0.6 is 23.7 Å². The SMILES string of the molecule is Cl.NC(CCO)c1ccc(-c2cccs2)cc1. The number of hydrogen-bond acceptors (Lipinski definition) is 3. The molecule has 2 aromatic rings. The second-order valence-corrected chi connectivity index (χ2v) is 4.67. The lowest BCUT2D eigenvalue weighted by molar-refractivity contribution is 0.276. The van der Waals surface area contributed by atoms with Crippen LogP contribution in [0.4, 0.5) is 0 Å². The van der Waals surface area contributed by atoms with E-state index >= 15 is 0 Å². The molecular formula is C13H16ClNOS. The van der Waals surface area contributed by atoms with E-state index < -0.39 is 0 Å². The molecule has 0 saturated carbocycles. The Morgan fingerprint density at radius 2 is 1.88 bits per heavy atom. The maximum atomic E-state index is 8.82. The fourth-order valence-corrected chi connectivity index (χ4v) is 2.38. The Morgan fingerprint density at radius 3 is 2.41 bits per heavy atom. The normalized spacial score (nSPS) is 11.9. The highest BCUT2D eigenvalue weighted by atomic mass is 35.5. The van der Waals surface area contributed by atoms with E-state index in [-0.39, 0.29) is 25.1 Å². The van der Waals surface area contributed by atoms with E-state index in [1.807, 2.05) is 18.2 Å². The first kappa shape index (κ1) is 14.2. The molecule has 0 aliphatic rings. The van der Waals surface area contributed by atoms with Gasteiger partial charge in [0.05, 0.1) is 0 Å². The molecule has 1 heterocycles. The summed E-state index contributed by atoms with van der Waals surface area (Å²) in [5, 5.41) is 10.9. The fourth-order valence-electron chi connectivity index (χ4n) is 1.64. The lowest BCUT2D eigenvalue weighted by Crippen LogP contribution is -2.11. The minimum Gasteiger partial charge on any atom is -0.396 e. The Balaban J connectivity index is 0.00000144. The van der Waals surface area contributed by atoms with Gasteiger partial charge in [0.1, 0.15) is 0 Å². The molecule has 1 atom stereocenters. The minimum absolute atomic E-state index is 0. The van der Waals surface area contributed by atoms with Gasteiger partial charge in [0.25, 0.3) is 0 Å². The van der Waals surface area contributed by atoms with Crippen LogP contribution in [-0.2, 0) is 0 Å². The Morgan fingerprint density at radius 1 is 1.18 bits per heavy atom. The summed E-state index contributed by atoms with van der Waals surface area (Å²) in [6, 6.07) is 12.3. The summed E-state index contributed by atoms with van der Waals surface area (Å²) in [6.45, 7) is 0.133. The summed E-state index contributed by atoms with van der Waals surface area (Å²) in [4.78, 5) is 1.27. The molecule has 92 valence electrons. The monoisotopic (exact) mass is 269 g/mol. The van der Waals surface area contributed by atoms with Crippen LogP contribution in [-0.4, -0.2) is 11.7 Å². The highest BCUT2D eigenvalue weighted by Crippen LogP contribution is 2.26. The van der Waals surface area contributed by atoms with E-state index in [2.05, 4.69) is 23.6 Å². The number of benzene rings is 1. The van der Waals surface area contributed by atoms with Crippen LogP contribution < -0.4 is 5.73 Å². The second kappa shape index (κ2) is 6.77. The van der Waals surface area contributed by atoms with E-state index in [1.165, 1.54) is 10.4 Å². The largest absolute Gasteiger partial charge is 0.396 e. The maximum Gasteiger partial charge on any atom is 0.0449 e. The van der Waals surface area contributed by atoms with Crippen molar-refractivity contribution in [2.45, 2.75) is 12.5 Å². The van der Waals surface area contributed by atoms with Crippen LogP contribution in [0, 0.1) is 0 Å². The number of aliphatic hydroxyl groups is 1. The zero-order valence-corrected chi connectivity index (χ0v) is 11.0. The quantitative estimate of drug-likeness (QED) is 0.895. The standard InChI is InChI=1S/C13H15NOS.ClH/c14-12(7-8-15)10-3-5-11(6-4-10)13-2-1-9-16-13;/h1-6,9,12,15H,7-8,14H2;1H. The molecule has 2 rings (SSSR count). The smallest absolute Gasteiger partial charge is 0.0449 e. The van der Waals surface area contributed by atoms with Crippen LogP contribution in [0.5, 0.6) is 0 Å². The zero-order valence-electron chi connectivity index (χ0n) is 9.37. The van der Waals surface area contributed by atoms with Gasteiger partial charge in [-0.1, -0.05) is 30.3 Å². The topological polar surface area (TPSA) is 46.2 Å². The summed E-state index contributed by atoms with van der Waals surface area (Å²) in [7, 11) is 0. The molecule has 2 nitrogen and oxygen atoms in total. The lowest BCUT2D eigenvalue weighted by Gasteiger charge is -2.10. The van der Waals surface area contributed by atoms with Crippen LogP contribution in [0.2, 0.25) is 0 Å². The molecule has 1 unspecified atom stereocenters. The van der Waals surface area contributed by atoms with Crippen molar-refractivity contribution in [2.75, 3.05) is 6.61 Å². The molecule has 3 N–H and O–H groups in total. The van der Waals surface area contributed by atoms with Crippen molar-refractivity contribution in [1.29, 1.82) is 0 Å². The van der Waals surface area contributed by atoms with Gasteiger partial charge in [-0.15, -0.1) is 23.7 Å². The zero-order chi connectivity index (χ0) is 11.4. The molecule has 0 saturated heterocycles. The third-order valence-electron chi connectivity index (χ3n) is 2.58. The van der Waals surface area contributed by atoms with E-state index in [0.717, 1.165) is 5.56 Å². The number of rotatable bonds is 4. The van der Waals surface area contributed by atoms with Gasteiger partial charge < -0.3 is 10.8 Å². The molecule has 17 heavy (non-hydrogen) atoms. The summed E-state index contributed by atoms with van der Waals surface area (Å²) < 4.78 is 0. The number of thiophene rings is 1. The van der Waals surface area contributed by atoms with Crippen molar-refractivity contribution in [3.8, 4) is 10.4 Å². The average molecular weight is 270 g/mol. The lowest BCUT2D eigenvalue weighted by atomic mass is 10.0. The van der Waals surface area contributed by atoms with Crippen LogP contribution in [0.25, 0.3) is 10.4 Å². The van der Waals surface area contributed by atoms with Crippen molar-refractivity contribution in [3.63, 3.8) is 0 Å². The highest BCUT2D eigenvalue weighted by Gasteiger charge is 2.05. The predicted molar refractivity (Wildman–Crippen MR) is 75.6 cm³/mol. The van der Waals surface area contributed by atoms with E-state index in [1.54, 1.807) is 11.3 Å². The molecule has 0 spiro atoms. The molecule has 0 radical (unpaired) electrons. The molecule has 0 aliphatic carbocycles. The van der Waals surface area contributed by atoms with Gasteiger partial charge in [-0.2, -0.15) is 0 Å². The summed E-state index contributed by atoms with van der Waals surface area (Å²) in [5.41, 5.74) is 8.21. The molecule has 0 aliphatic heterocycles. The third-order valence-corrected chi connectivity index (χ3v) is 3.50. The highest BCUT2D eigenvalue weighted by molar-refractivity contribution is 7.13. The molecule has 0 bridgehead atoms. The first-order valence-electron chi connectivity index (χ1n) is 5.31. The molecule has 1 aromatic heterocycles. The van der Waals surface area contributed by atoms with Gasteiger partial charge in [0.15, 0.2) is 0 Å². The Bertz CT molecular complexity index is 427. The summed E-state index contributed by atoms with van der Waals surface area (Å²) in [6.07, 6.45) is 0.609. The van der Waals surface area contributed by atoms with Gasteiger partial charge in [-0.3, -0.25) is 0 Å². The Kier molecular flexibility index (Phi) is 5.65. The van der Waals surface area contributed by atoms with Crippen molar-refractivity contribution in [3.05, 3.63) is 47.3 Å². The van der Waals surface area contributed by atoms with Crippen LogP contribution in [0.15, 0.2) is 41.8 Å². The van der Waals surface area contributed by atoms with E-state index in [0.29, 0.717) is 6.42 Å². The number of halogens is 1. The predicted octanol–water partition coefficient (Wildman–Crippen LogP) is 3.22. The molecular weight excluding hydrogens is 254 g/mol. The molecule has 4 heteroatoms. The van der Waals surface area contributed by atoms with Crippen LogP contribution in [0.1, 0.15) is 18.0 Å². The number of nitrogens with two attached hydrogens (primary N) is 1. The van der Waals surface area contributed by atoms with Crippen LogP contribution in [0.3, 0.4) is 0 Å². The third kappa shape index (κ3) is 3.54. The summed E-state index contributed by atoms with van der Waals surface area (Å²) in [5.74, 6) is 0. The van der Waals surface area contributed by atoms with Crippen molar-refractivity contribution >= 4 is 23.7 Å². The first-order valence-corrected chi connectivity index (χ1v) is 6.19. The number of aliphatic hydroxyl groups excluding tert-OH is 1. The van der Waals surface area contributed by atoms with Crippen molar-refractivity contribution in [2.24, 2.45) is 5.73 Å². The van der Waals surface area contributed by atoms with Gasteiger partial charge in [-0.25, -0.2) is 0 Å². The summed E-state index contributed by atoms with van der Waals surface area (Å²) >= 11 is 1.73. The van der Waals surface area contributed by atoms with Gasteiger partial charge in [0, 0.05) is 17.5 Å². The van der Waals surface area contributed by atoms with Crippen molar-refractivity contribution < 1.29 is 5.11 Å². The maximum absolute atomic E-state index is 8.82. The molecule has 1 aromatic carbocycles. The average Bonchev–Trinajstić information content (AvgIpc) is 2.83. The van der Waals surface area contributed by atoms with Gasteiger partial charge >= 0.3 is 0 Å². The fraction of sp³-hybridized carbons (Fsp3) is 0.231. The molecule has 0 amide bonds. The minimum atomic E-state index is -0.0672. The number of hydrogen-bond donors (Lipinski definition) is 2. The molecule has 0 fully saturated rings. The van der Waals surface area contributed by atoms with E-state index in [4.69, 9.17) is 10.8 Å². The van der Waals surface area contributed by atoms with Gasteiger partial charge in [-0.05, 0) is 29.0 Å². The van der Waals surface area contributed by atoms with Crippen molar-refractivity contribution in [1.82, 2.24) is 0 Å². The van der Waals surface area contributed by atoms with Gasteiger partial charge in [0.2, 0.25) is 0 Å². The second-order valence-electron chi connectivity index (χ2n) is 3.72. The Hall–Kier alpha value is -0.870.